The zero-order valence-corrected chi connectivity index (χ0v) is 12.8. The minimum Gasteiger partial charge on any atom is -0.399 e. The van der Waals surface area contributed by atoms with E-state index in [0.29, 0.717) is 11.8 Å². The highest BCUT2D eigenvalue weighted by atomic mass is 16.2. The van der Waals surface area contributed by atoms with E-state index in [9.17, 15) is 4.79 Å². The summed E-state index contributed by atoms with van der Waals surface area (Å²) in [5, 5.41) is 0. The number of nitrogens with two attached hydrogens (primary N) is 1. The maximum atomic E-state index is 12.7. The summed E-state index contributed by atoms with van der Waals surface area (Å²) in [7, 11) is 0. The Kier molecular flexibility index (Phi) is 4.47. The van der Waals surface area contributed by atoms with Gasteiger partial charge in [-0.1, -0.05) is 25.7 Å². The van der Waals surface area contributed by atoms with Gasteiger partial charge in [0.15, 0.2) is 0 Å². The van der Waals surface area contributed by atoms with E-state index in [1.807, 2.05) is 23.1 Å². The maximum absolute atomic E-state index is 12.7. The third-order valence-corrected chi connectivity index (χ3v) is 4.96. The molecule has 0 unspecified atom stereocenters. The monoisotopic (exact) mass is 286 g/mol. The maximum Gasteiger partial charge on any atom is 0.227 e. The van der Waals surface area contributed by atoms with Crippen LogP contribution in [0.25, 0.3) is 0 Å². The lowest BCUT2D eigenvalue weighted by Crippen LogP contribution is -2.36. The number of anilines is 2. The van der Waals surface area contributed by atoms with Gasteiger partial charge in [0.05, 0.1) is 0 Å². The van der Waals surface area contributed by atoms with Gasteiger partial charge in [0, 0.05) is 24.3 Å². The number of benzene rings is 1. The molecule has 1 amide bonds. The zero-order valence-electron chi connectivity index (χ0n) is 12.8. The van der Waals surface area contributed by atoms with Crippen LogP contribution in [0.2, 0.25) is 0 Å². The van der Waals surface area contributed by atoms with Crippen molar-refractivity contribution < 1.29 is 4.79 Å². The molecule has 2 N–H and O–H groups in total. The smallest absolute Gasteiger partial charge is 0.227 e. The average molecular weight is 286 g/mol. The standard InChI is InChI=1S/C18H26N2O/c19-16-9-10-17-15(13-16)8-5-11-20(17)18(21)12-14-6-3-1-2-4-7-14/h9-10,13-14H,1-8,11-12,19H2. The fourth-order valence-electron chi connectivity index (χ4n) is 3.80. The first-order valence-electron chi connectivity index (χ1n) is 8.43. The summed E-state index contributed by atoms with van der Waals surface area (Å²) in [4.78, 5) is 14.7. The summed E-state index contributed by atoms with van der Waals surface area (Å²) < 4.78 is 0. The van der Waals surface area contributed by atoms with Crippen LogP contribution in [-0.2, 0) is 11.2 Å². The minimum absolute atomic E-state index is 0.313. The van der Waals surface area contributed by atoms with Gasteiger partial charge in [0.1, 0.15) is 0 Å². The summed E-state index contributed by atoms with van der Waals surface area (Å²) in [5.74, 6) is 0.909. The molecular weight excluding hydrogens is 260 g/mol. The molecule has 1 aromatic rings. The Balaban J connectivity index is 1.70. The van der Waals surface area contributed by atoms with E-state index < -0.39 is 0 Å². The van der Waals surface area contributed by atoms with Crippen molar-refractivity contribution >= 4 is 17.3 Å². The van der Waals surface area contributed by atoms with Crippen LogP contribution in [-0.4, -0.2) is 12.5 Å². The quantitative estimate of drug-likeness (QED) is 0.662. The third-order valence-electron chi connectivity index (χ3n) is 4.96. The molecule has 114 valence electrons. The average Bonchev–Trinajstić information content (AvgIpc) is 2.75. The van der Waals surface area contributed by atoms with Crippen molar-refractivity contribution in [1.82, 2.24) is 0 Å². The number of nitrogen functional groups attached to an aromatic ring is 1. The van der Waals surface area contributed by atoms with Crippen LogP contribution in [0.4, 0.5) is 11.4 Å². The largest absolute Gasteiger partial charge is 0.399 e. The highest BCUT2D eigenvalue weighted by Crippen LogP contribution is 2.31. The molecule has 0 saturated heterocycles. The Morgan fingerprint density at radius 3 is 2.67 bits per heavy atom. The lowest BCUT2D eigenvalue weighted by Gasteiger charge is -2.31. The fourth-order valence-corrected chi connectivity index (χ4v) is 3.80. The molecule has 0 aromatic heterocycles. The second-order valence-electron chi connectivity index (χ2n) is 6.60. The normalized spacial score (nSPS) is 19.9. The van der Waals surface area contributed by atoms with Crippen molar-refractivity contribution in [2.75, 3.05) is 17.2 Å². The molecule has 2 aliphatic rings. The first-order chi connectivity index (χ1) is 10.2. The van der Waals surface area contributed by atoms with E-state index in [0.717, 1.165) is 37.2 Å². The number of fused-ring (bicyclic) bond motifs is 1. The van der Waals surface area contributed by atoms with Gasteiger partial charge in [0.25, 0.3) is 0 Å². The Labute approximate surface area is 127 Å². The predicted octanol–water partition coefficient (Wildman–Crippen LogP) is 3.91. The van der Waals surface area contributed by atoms with Crippen molar-refractivity contribution in [2.45, 2.75) is 57.8 Å². The van der Waals surface area contributed by atoms with Crippen LogP contribution in [0, 0.1) is 5.92 Å². The molecule has 1 aliphatic carbocycles. The van der Waals surface area contributed by atoms with Gasteiger partial charge in [-0.05, 0) is 55.4 Å². The van der Waals surface area contributed by atoms with Gasteiger partial charge in [-0.2, -0.15) is 0 Å². The summed E-state index contributed by atoms with van der Waals surface area (Å²) in [6, 6.07) is 5.96. The van der Waals surface area contributed by atoms with E-state index in [1.165, 1.54) is 44.1 Å². The summed E-state index contributed by atoms with van der Waals surface area (Å²) in [6.07, 6.45) is 10.6. The number of aryl methyl sites for hydroxylation is 1. The van der Waals surface area contributed by atoms with E-state index in [1.54, 1.807) is 0 Å². The summed E-state index contributed by atoms with van der Waals surface area (Å²) in [5.41, 5.74) is 8.99. The van der Waals surface area contributed by atoms with Crippen molar-refractivity contribution in [2.24, 2.45) is 5.92 Å². The van der Waals surface area contributed by atoms with E-state index in [2.05, 4.69) is 0 Å². The van der Waals surface area contributed by atoms with Crippen LogP contribution in [0.5, 0.6) is 0 Å². The van der Waals surface area contributed by atoms with Crippen LogP contribution < -0.4 is 10.6 Å². The molecule has 0 radical (unpaired) electrons. The van der Waals surface area contributed by atoms with Crippen molar-refractivity contribution in [3.05, 3.63) is 23.8 Å². The van der Waals surface area contributed by atoms with Crippen molar-refractivity contribution in [1.29, 1.82) is 0 Å². The predicted molar refractivity (Wildman–Crippen MR) is 87.3 cm³/mol. The SMILES string of the molecule is Nc1ccc2c(c1)CCCN2C(=O)CC1CCCCCC1. The van der Waals surface area contributed by atoms with Gasteiger partial charge in [0.2, 0.25) is 5.91 Å². The highest BCUT2D eigenvalue weighted by molar-refractivity contribution is 5.95. The Bertz CT molecular complexity index is 504. The van der Waals surface area contributed by atoms with Gasteiger partial charge in [-0.25, -0.2) is 0 Å². The van der Waals surface area contributed by atoms with E-state index in [4.69, 9.17) is 5.73 Å². The highest BCUT2D eigenvalue weighted by Gasteiger charge is 2.25. The summed E-state index contributed by atoms with van der Waals surface area (Å²) in [6.45, 7) is 0.864. The molecule has 0 atom stereocenters. The summed E-state index contributed by atoms with van der Waals surface area (Å²) >= 11 is 0. The number of hydrogen-bond donors (Lipinski definition) is 1. The molecule has 3 nitrogen and oxygen atoms in total. The Hall–Kier alpha value is -1.51. The topological polar surface area (TPSA) is 46.3 Å². The molecule has 1 aliphatic heterocycles. The molecule has 1 saturated carbocycles. The number of amides is 1. The van der Waals surface area contributed by atoms with Crippen LogP contribution >= 0.6 is 0 Å². The van der Waals surface area contributed by atoms with Gasteiger partial charge in [-0.15, -0.1) is 0 Å². The minimum atomic E-state index is 0.313. The first kappa shape index (κ1) is 14.4. The van der Waals surface area contributed by atoms with Crippen LogP contribution in [0.15, 0.2) is 18.2 Å². The molecule has 21 heavy (non-hydrogen) atoms. The van der Waals surface area contributed by atoms with Crippen LogP contribution in [0.1, 0.15) is 56.9 Å². The molecule has 3 rings (SSSR count). The molecule has 1 aromatic carbocycles. The van der Waals surface area contributed by atoms with Gasteiger partial charge >= 0.3 is 0 Å². The second kappa shape index (κ2) is 6.50. The van der Waals surface area contributed by atoms with Crippen LogP contribution in [0.3, 0.4) is 0 Å². The lowest BCUT2D eigenvalue weighted by molar-refractivity contribution is -0.119. The number of carbonyl (C=O) groups excluding carboxylic acids is 1. The Morgan fingerprint density at radius 1 is 1.14 bits per heavy atom. The van der Waals surface area contributed by atoms with E-state index in [-0.39, 0.29) is 0 Å². The molecule has 1 heterocycles. The second-order valence-corrected chi connectivity index (χ2v) is 6.60. The fraction of sp³-hybridized carbons (Fsp3) is 0.611. The van der Waals surface area contributed by atoms with Crippen molar-refractivity contribution in [3.63, 3.8) is 0 Å². The molecule has 1 fully saturated rings. The number of carbonyl (C=O) groups is 1. The molecular formula is C18H26N2O. The zero-order chi connectivity index (χ0) is 14.7. The first-order valence-corrected chi connectivity index (χ1v) is 8.43. The Morgan fingerprint density at radius 2 is 1.90 bits per heavy atom. The number of nitrogens with zero attached hydrogens (tertiary/aromatic N) is 1. The van der Waals surface area contributed by atoms with E-state index >= 15 is 0 Å². The molecule has 3 heteroatoms. The third kappa shape index (κ3) is 3.39. The lowest BCUT2D eigenvalue weighted by atomic mass is 9.94. The molecule has 0 bridgehead atoms. The number of hydrogen-bond acceptors (Lipinski definition) is 2. The van der Waals surface area contributed by atoms with Crippen molar-refractivity contribution in [3.8, 4) is 0 Å². The van der Waals surface area contributed by atoms with Gasteiger partial charge in [-0.3, -0.25) is 4.79 Å². The van der Waals surface area contributed by atoms with Gasteiger partial charge < -0.3 is 10.6 Å². The number of rotatable bonds is 2. The molecule has 0 spiro atoms.